The van der Waals surface area contributed by atoms with E-state index in [1.807, 2.05) is 30.3 Å². The second kappa shape index (κ2) is 6.72. The van der Waals surface area contributed by atoms with Crippen LogP contribution in [0, 0.1) is 0 Å². The van der Waals surface area contributed by atoms with Crippen LogP contribution in [0.5, 0.6) is 0 Å². The third kappa shape index (κ3) is 2.99. The van der Waals surface area contributed by atoms with E-state index in [4.69, 9.17) is 5.73 Å². The Morgan fingerprint density at radius 2 is 2.00 bits per heavy atom. The molecule has 0 bridgehead atoms. The number of nitrogens with zero attached hydrogens (tertiary/aromatic N) is 2. The highest BCUT2D eigenvalue weighted by molar-refractivity contribution is 7.19. The first-order valence-electron chi connectivity index (χ1n) is 8.40. The number of amides is 2. The summed E-state index contributed by atoms with van der Waals surface area (Å²) in [6.45, 7) is 0.623. The summed E-state index contributed by atoms with van der Waals surface area (Å²) in [7, 11) is 0. The van der Waals surface area contributed by atoms with Crippen LogP contribution in [0.2, 0.25) is 0 Å². The van der Waals surface area contributed by atoms with E-state index in [0.717, 1.165) is 39.3 Å². The predicted molar refractivity (Wildman–Crippen MR) is 104 cm³/mol. The highest BCUT2D eigenvalue weighted by Crippen LogP contribution is 2.30. The van der Waals surface area contributed by atoms with Crippen molar-refractivity contribution in [1.82, 2.24) is 4.98 Å². The summed E-state index contributed by atoms with van der Waals surface area (Å²) in [6.07, 6.45) is 4.85. The number of aromatic nitrogens is 1. The van der Waals surface area contributed by atoms with Crippen LogP contribution in [0.15, 0.2) is 48.5 Å². The summed E-state index contributed by atoms with van der Waals surface area (Å²) in [5, 5.41) is 0.794. The molecule has 0 aliphatic carbocycles. The Bertz CT molecular complexity index is 1010. The molecule has 2 aromatic carbocycles. The molecule has 0 radical (unpaired) electrons. The van der Waals surface area contributed by atoms with Crippen molar-refractivity contribution in [2.75, 3.05) is 11.4 Å². The normalized spacial score (nSPS) is 13.9. The summed E-state index contributed by atoms with van der Waals surface area (Å²) < 4.78 is 1.09. The van der Waals surface area contributed by atoms with Gasteiger partial charge in [-0.15, -0.1) is 11.3 Å². The van der Waals surface area contributed by atoms with Crippen molar-refractivity contribution in [2.45, 2.75) is 12.8 Å². The Hall–Kier alpha value is -2.99. The first kappa shape index (κ1) is 16.5. The van der Waals surface area contributed by atoms with E-state index < -0.39 is 5.91 Å². The first-order valence-corrected chi connectivity index (χ1v) is 9.22. The maximum atomic E-state index is 12.7. The van der Waals surface area contributed by atoms with Crippen molar-refractivity contribution >= 4 is 45.1 Å². The Morgan fingerprint density at radius 3 is 2.81 bits per heavy atom. The molecule has 0 spiro atoms. The Balaban J connectivity index is 1.61. The van der Waals surface area contributed by atoms with Gasteiger partial charge in [-0.3, -0.25) is 9.59 Å². The summed E-state index contributed by atoms with van der Waals surface area (Å²) >= 11 is 1.55. The fourth-order valence-corrected chi connectivity index (χ4v) is 4.15. The van der Waals surface area contributed by atoms with Crippen LogP contribution in [0.3, 0.4) is 0 Å². The second-order valence-corrected chi connectivity index (χ2v) is 7.18. The average molecular weight is 363 g/mol. The minimum Gasteiger partial charge on any atom is -0.366 e. The van der Waals surface area contributed by atoms with Gasteiger partial charge in [-0.2, -0.15) is 0 Å². The lowest BCUT2D eigenvalue weighted by Crippen LogP contribution is -2.35. The van der Waals surface area contributed by atoms with E-state index in [2.05, 4.69) is 4.98 Å². The zero-order chi connectivity index (χ0) is 18.1. The molecule has 26 heavy (non-hydrogen) atoms. The molecule has 1 aliphatic heterocycles. The summed E-state index contributed by atoms with van der Waals surface area (Å²) in [5.41, 5.74) is 8.52. The standard InChI is InChI=1S/C20H17N3O2S/c21-20(25)14-5-3-8-16-13(14)6-4-12-23(16)19(24)11-10-18-22-15-7-1-2-9-17(15)26-18/h1-3,5,7-11H,4,6,12H2,(H2,21,25). The van der Waals surface area contributed by atoms with Crippen LogP contribution in [-0.2, 0) is 11.2 Å². The van der Waals surface area contributed by atoms with E-state index in [0.29, 0.717) is 12.1 Å². The number of anilines is 1. The molecule has 2 amide bonds. The van der Waals surface area contributed by atoms with Crippen LogP contribution in [0.4, 0.5) is 5.69 Å². The second-order valence-electron chi connectivity index (χ2n) is 6.11. The number of para-hydroxylation sites is 1. The van der Waals surface area contributed by atoms with E-state index >= 15 is 0 Å². The van der Waals surface area contributed by atoms with Gasteiger partial charge in [0.05, 0.1) is 10.2 Å². The van der Waals surface area contributed by atoms with E-state index in [-0.39, 0.29) is 5.91 Å². The van der Waals surface area contributed by atoms with Gasteiger partial charge >= 0.3 is 0 Å². The lowest BCUT2D eigenvalue weighted by atomic mass is 9.96. The Morgan fingerprint density at radius 1 is 1.15 bits per heavy atom. The lowest BCUT2D eigenvalue weighted by molar-refractivity contribution is -0.114. The number of carbonyl (C=O) groups excluding carboxylic acids is 2. The number of nitrogens with two attached hydrogens (primary N) is 1. The molecule has 130 valence electrons. The van der Waals surface area contributed by atoms with E-state index in [9.17, 15) is 9.59 Å². The fourth-order valence-electron chi connectivity index (χ4n) is 3.28. The van der Waals surface area contributed by atoms with Gasteiger partial charge in [0.1, 0.15) is 5.01 Å². The minimum absolute atomic E-state index is 0.119. The van der Waals surface area contributed by atoms with E-state index in [1.165, 1.54) is 0 Å². The monoisotopic (exact) mass is 363 g/mol. The molecular formula is C20H17N3O2S. The predicted octanol–water partition coefficient (Wildman–Crippen LogP) is 3.39. The number of hydrogen-bond donors (Lipinski definition) is 1. The van der Waals surface area contributed by atoms with Gasteiger partial charge in [-0.25, -0.2) is 4.98 Å². The van der Waals surface area contributed by atoms with E-state index in [1.54, 1.807) is 40.5 Å². The SMILES string of the molecule is NC(=O)c1cccc2c1CCCN2C(=O)C=Cc1nc2ccccc2s1. The number of fused-ring (bicyclic) bond motifs is 2. The minimum atomic E-state index is -0.457. The van der Waals surface area contributed by atoms with Crippen molar-refractivity contribution in [1.29, 1.82) is 0 Å². The molecule has 2 N–H and O–H groups in total. The van der Waals surface area contributed by atoms with Crippen LogP contribution < -0.4 is 10.6 Å². The molecule has 0 saturated carbocycles. The topological polar surface area (TPSA) is 76.3 Å². The van der Waals surface area contributed by atoms with Crippen LogP contribution in [0.1, 0.15) is 27.3 Å². The molecule has 0 unspecified atom stereocenters. The van der Waals surface area contributed by atoms with Gasteiger partial charge in [-0.1, -0.05) is 18.2 Å². The zero-order valence-electron chi connectivity index (χ0n) is 14.0. The third-order valence-corrected chi connectivity index (χ3v) is 5.46. The largest absolute Gasteiger partial charge is 0.366 e. The molecule has 5 nitrogen and oxygen atoms in total. The van der Waals surface area contributed by atoms with Crippen LogP contribution >= 0.6 is 11.3 Å². The average Bonchev–Trinajstić information content (AvgIpc) is 3.08. The van der Waals surface area contributed by atoms with Gasteiger partial charge in [0.2, 0.25) is 5.91 Å². The van der Waals surface area contributed by atoms with Gasteiger partial charge < -0.3 is 10.6 Å². The van der Waals surface area contributed by atoms with Gasteiger partial charge in [-0.05, 0) is 48.7 Å². The Kier molecular flexibility index (Phi) is 4.26. The molecule has 6 heteroatoms. The molecule has 0 saturated heterocycles. The fraction of sp³-hybridized carbons (Fsp3) is 0.150. The number of thiazole rings is 1. The number of benzene rings is 2. The zero-order valence-corrected chi connectivity index (χ0v) is 14.8. The quantitative estimate of drug-likeness (QED) is 0.725. The lowest BCUT2D eigenvalue weighted by Gasteiger charge is -2.29. The maximum absolute atomic E-state index is 12.7. The molecule has 3 aromatic rings. The maximum Gasteiger partial charge on any atom is 0.251 e. The number of carbonyl (C=O) groups is 2. The highest BCUT2D eigenvalue weighted by atomic mass is 32.1. The van der Waals surface area contributed by atoms with Gasteiger partial charge in [0.15, 0.2) is 0 Å². The van der Waals surface area contributed by atoms with Gasteiger partial charge in [0, 0.05) is 23.9 Å². The van der Waals surface area contributed by atoms with Crippen molar-refractivity contribution in [3.63, 3.8) is 0 Å². The molecular weight excluding hydrogens is 346 g/mol. The van der Waals surface area contributed by atoms with Crippen molar-refractivity contribution in [2.24, 2.45) is 5.73 Å². The molecule has 4 rings (SSSR count). The highest BCUT2D eigenvalue weighted by Gasteiger charge is 2.24. The van der Waals surface area contributed by atoms with Crippen molar-refractivity contribution in [3.8, 4) is 0 Å². The summed E-state index contributed by atoms with van der Waals surface area (Å²) in [4.78, 5) is 30.6. The molecule has 1 aromatic heterocycles. The number of rotatable bonds is 3. The van der Waals surface area contributed by atoms with Crippen molar-refractivity contribution in [3.05, 3.63) is 64.7 Å². The summed E-state index contributed by atoms with van der Waals surface area (Å²) in [6, 6.07) is 13.2. The molecule has 1 aliphatic rings. The third-order valence-electron chi connectivity index (χ3n) is 4.46. The molecule has 0 fully saturated rings. The van der Waals surface area contributed by atoms with Crippen molar-refractivity contribution < 1.29 is 9.59 Å². The smallest absolute Gasteiger partial charge is 0.251 e. The number of hydrogen-bond acceptors (Lipinski definition) is 4. The first-order chi connectivity index (χ1) is 12.6. The summed E-state index contributed by atoms with van der Waals surface area (Å²) in [5.74, 6) is -0.576. The van der Waals surface area contributed by atoms with Crippen LogP contribution in [0.25, 0.3) is 16.3 Å². The number of primary amides is 1. The van der Waals surface area contributed by atoms with Crippen LogP contribution in [-0.4, -0.2) is 23.3 Å². The van der Waals surface area contributed by atoms with Gasteiger partial charge in [0.25, 0.3) is 5.91 Å². The molecule has 2 heterocycles. The molecule has 0 atom stereocenters. The Labute approximate surface area is 154 Å².